The fourth-order valence-electron chi connectivity index (χ4n) is 2.13. The number of carboxylic acids is 3. The molecule has 1 aromatic rings. The molecule has 5 N–H and O–H groups in total. The molecule has 126 valence electrons. The maximum absolute atomic E-state index is 10.3. The summed E-state index contributed by atoms with van der Waals surface area (Å²) in [5.74, 6) is -5.02. The van der Waals surface area contributed by atoms with Crippen LogP contribution in [-0.4, -0.2) is 50.5 Å². The maximum Gasteiger partial charge on any atom is 0.336 e. The van der Waals surface area contributed by atoms with Gasteiger partial charge >= 0.3 is 17.9 Å². The molecule has 0 fully saturated rings. The standard InChI is InChI=1S/C9H11N.C6H8O7/c1-2-4-9-7-10-6-5-8(9)3-1;7-3(8)1-6(13,5(11)12)2-4(9)10/h1-4,10H,5-7H2;13H,1-2H2,(H,7,8)(H,9,10)(H,11,12). The average molecular weight is 325 g/mol. The molecule has 0 atom stereocenters. The number of aliphatic hydroxyl groups is 1. The SMILES string of the molecule is O=C(O)CC(O)(CC(=O)O)C(=O)O.c1ccc2c(c1)CCNC2. The molecular formula is C15H19NO7. The van der Waals surface area contributed by atoms with Crippen LogP contribution in [0.1, 0.15) is 24.0 Å². The third-order valence-electron chi connectivity index (χ3n) is 3.29. The minimum atomic E-state index is -2.74. The van der Waals surface area contributed by atoms with Gasteiger partial charge in [0.1, 0.15) is 0 Å². The van der Waals surface area contributed by atoms with Gasteiger partial charge < -0.3 is 25.7 Å². The van der Waals surface area contributed by atoms with Gasteiger partial charge in [0.25, 0.3) is 0 Å². The summed E-state index contributed by atoms with van der Waals surface area (Å²) in [7, 11) is 0. The van der Waals surface area contributed by atoms with Crippen LogP contribution in [0.5, 0.6) is 0 Å². The molecule has 8 nitrogen and oxygen atoms in total. The van der Waals surface area contributed by atoms with Gasteiger partial charge in [-0.2, -0.15) is 0 Å². The lowest BCUT2D eigenvalue weighted by molar-refractivity contribution is -0.170. The predicted octanol–water partition coefficient (Wildman–Crippen LogP) is 0.0838. The quantitative estimate of drug-likeness (QED) is 0.512. The Kier molecular flexibility index (Phi) is 6.67. The van der Waals surface area contributed by atoms with Crippen LogP contribution in [0.15, 0.2) is 24.3 Å². The van der Waals surface area contributed by atoms with Gasteiger partial charge in [0.15, 0.2) is 5.60 Å². The number of aliphatic carboxylic acids is 3. The number of hydrogen-bond acceptors (Lipinski definition) is 5. The van der Waals surface area contributed by atoms with Gasteiger partial charge in [-0.05, 0) is 24.1 Å². The molecule has 8 heteroatoms. The van der Waals surface area contributed by atoms with Crippen molar-refractivity contribution in [1.82, 2.24) is 5.32 Å². The highest BCUT2D eigenvalue weighted by Crippen LogP contribution is 2.15. The van der Waals surface area contributed by atoms with Crippen molar-refractivity contribution in [3.63, 3.8) is 0 Å². The molecule has 0 unspecified atom stereocenters. The van der Waals surface area contributed by atoms with Gasteiger partial charge in [0.05, 0.1) is 12.8 Å². The molecule has 0 aromatic heterocycles. The zero-order chi connectivity index (χ0) is 17.5. The van der Waals surface area contributed by atoms with Gasteiger partial charge in [0, 0.05) is 6.54 Å². The molecule has 0 bridgehead atoms. The topological polar surface area (TPSA) is 144 Å². The van der Waals surface area contributed by atoms with Crippen LogP contribution in [-0.2, 0) is 27.3 Å². The van der Waals surface area contributed by atoms with E-state index < -0.39 is 36.4 Å². The van der Waals surface area contributed by atoms with E-state index in [0.29, 0.717) is 0 Å². The Hall–Kier alpha value is -2.45. The number of nitrogens with one attached hydrogen (secondary N) is 1. The van der Waals surface area contributed by atoms with E-state index in [0.717, 1.165) is 13.1 Å². The summed E-state index contributed by atoms with van der Waals surface area (Å²) < 4.78 is 0. The summed E-state index contributed by atoms with van der Waals surface area (Å²) in [6.45, 7) is 2.19. The smallest absolute Gasteiger partial charge is 0.336 e. The van der Waals surface area contributed by atoms with E-state index >= 15 is 0 Å². The molecule has 0 spiro atoms. The number of rotatable bonds is 5. The first-order valence-corrected chi connectivity index (χ1v) is 6.91. The highest BCUT2D eigenvalue weighted by molar-refractivity contribution is 5.88. The molecule has 1 aliphatic heterocycles. The average Bonchev–Trinajstić information content (AvgIpc) is 2.46. The Balaban J connectivity index is 0.000000235. The Morgan fingerprint density at radius 3 is 1.96 bits per heavy atom. The van der Waals surface area contributed by atoms with Crippen molar-refractivity contribution >= 4 is 17.9 Å². The first kappa shape index (κ1) is 18.6. The Morgan fingerprint density at radius 2 is 1.52 bits per heavy atom. The van der Waals surface area contributed by atoms with Gasteiger partial charge in [0.2, 0.25) is 0 Å². The van der Waals surface area contributed by atoms with Crippen LogP contribution < -0.4 is 5.32 Å². The molecule has 1 heterocycles. The number of carboxylic acid groups (broad SMARTS) is 3. The molecule has 0 saturated carbocycles. The monoisotopic (exact) mass is 325 g/mol. The van der Waals surface area contributed by atoms with Gasteiger partial charge in [-0.3, -0.25) is 9.59 Å². The van der Waals surface area contributed by atoms with Crippen molar-refractivity contribution in [2.75, 3.05) is 6.54 Å². The second kappa shape index (κ2) is 8.25. The highest BCUT2D eigenvalue weighted by atomic mass is 16.4. The van der Waals surface area contributed by atoms with Gasteiger partial charge in [-0.1, -0.05) is 24.3 Å². The highest BCUT2D eigenvalue weighted by Gasteiger charge is 2.40. The van der Waals surface area contributed by atoms with E-state index in [-0.39, 0.29) is 0 Å². The first-order chi connectivity index (χ1) is 10.7. The Bertz CT molecular complexity index is 544. The molecule has 23 heavy (non-hydrogen) atoms. The zero-order valence-electron chi connectivity index (χ0n) is 12.4. The first-order valence-electron chi connectivity index (χ1n) is 6.91. The lowest BCUT2D eigenvalue weighted by Gasteiger charge is -2.18. The summed E-state index contributed by atoms with van der Waals surface area (Å²) >= 11 is 0. The minimum absolute atomic E-state index is 1.05. The van der Waals surface area contributed by atoms with Gasteiger partial charge in [-0.15, -0.1) is 0 Å². The third kappa shape index (κ3) is 6.05. The molecule has 1 aromatic carbocycles. The van der Waals surface area contributed by atoms with E-state index in [1.165, 1.54) is 17.5 Å². The van der Waals surface area contributed by atoms with Crippen molar-refractivity contribution in [3.05, 3.63) is 35.4 Å². The summed E-state index contributed by atoms with van der Waals surface area (Å²) in [6.07, 6.45) is -1.10. The number of carbonyl (C=O) groups is 3. The lowest BCUT2D eigenvalue weighted by Crippen LogP contribution is -2.42. The molecule has 0 saturated heterocycles. The molecule has 0 aliphatic carbocycles. The van der Waals surface area contributed by atoms with Crippen molar-refractivity contribution in [3.8, 4) is 0 Å². The fourth-order valence-corrected chi connectivity index (χ4v) is 2.13. The fraction of sp³-hybridized carbons (Fsp3) is 0.400. The normalized spacial score (nSPS) is 13.3. The number of fused-ring (bicyclic) bond motifs is 1. The van der Waals surface area contributed by atoms with E-state index in [4.69, 9.17) is 20.4 Å². The number of benzene rings is 1. The van der Waals surface area contributed by atoms with Crippen molar-refractivity contribution in [2.24, 2.45) is 0 Å². The van der Waals surface area contributed by atoms with Crippen LogP contribution in [0, 0.1) is 0 Å². The predicted molar refractivity (Wildman–Crippen MR) is 78.9 cm³/mol. The van der Waals surface area contributed by atoms with Crippen molar-refractivity contribution in [1.29, 1.82) is 0 Å². The molecule has 0 radical (unpaired) electrons. The van der Waals surface area contributed by atoms with E-state index in [1.54, 1.807) is 0 Å². The summed E-state index contributed by atoms with van der Waals surface area (Å²) in [5.41, 5.74) is 0.243. The van der Waals surface area contributed by atoms with Crippen LogP contribution in [0.4, 0.5) is 0 Å². The summed E-state index contributed by atoms with van der Waals surface area (Å²) in [5, 5.41) is 37.2. The number of hydrogen-bond donors (Lipinski definition) is 5. The van der Waals surface area contributed by atoms with Crippen LogP contribution in [0.3, 0.4) is 0 Å². The largest absolute Gasteiger partial charge is 0.481 e. The van der Waals surface area contributed by atoms with Crippen LogP contribution in [0.25, 0.3) is 0 Å². The van der Waals surface area contributed by atoms with Crippen molar-refractivity contribution < 1.29 is 34.8 Å². The second-order valence-corrected chi connectivity index (χ2v) is 5.17. The minimum Gasteiger partial charge on any atom is -0.481 e. The Labute approximate surface area is 132 Å². The Morgan fingerprint density at radius 1 is 1.00 bits per heavy atom. The van der Waals surface area contributed by atoms with E-state index in [9.17, 15) is 14.4 Å². The second-order valence-electron chi connectivity index (χ2n) is 5.17. The molecule has 0 amide bonds. The summed E-state index contributed by atoms with van der Waals surface area (Å²) in [6, 6.07) is 8.63. The van der Waals surface area contributed by atoms with Gasteiger partial charge in [-0.25, -0.2) is 4.79 Å². The van der Waals surface area contributed by atoms with E-state index in [1.807, 2.05) is 0 Å². The molecular weight excluding hydrogens is 306 g/mol. The van der Waals surface area contributed by atoms with Crippen molar-refractivity contribution in [2.45, 2.75) is 31.4 Å². The van der Waals surface area contributed by atoms with Crippen LogP contribution >= 0.6 is 0 Å². The zero-order valence-corrected chi connectivity index (χ0v) is 12.4. The third-order valence-corrected chi connectivity index (χ3v) is 3.29. The van der Waals surface area contributed by atoms with E-state index in [2.05, 4.69) is 29.6 Å². The van der Waals surface area contributed by atoms with Crippen LogP contribution in [0.2, 0.25) is 0 Å². The maximum atomic E-state index is 10.3. The summed E-state index contributed by atoms with van der Waals surface area (Å²) in [4.78, 5) is 30.5. The lowest BCUT2D eigenvalue weighted by atomic mass is 9.96. The molecule has 1 aliphatic rings. The molecule has 2 rings (SSSR count).